The molecule has 0 saturated heterocycles. The lowest BCUT2D eigenvalue weighted by molar-refractivity contribution is 0.405. The highest BCUT2D eigenvalue weighted by atomic mass is 16.5. The van der Waals surface area contributed by atoms with Crippen LogP contribution in [0, 0.1) is 20.8 Å². The lowest BCUT2D eigenvalue weighted by Gasteiger charge is -2.10. The summed E-state index contributed by atoms with van der Waals surface area (Å²) in [6, 6.07) is 14.2. The van der Waals surface area contributed by atoms with Crippen LogP contribution in [0.5, 0.6) is 0 Å². The van der Waals surface area contributed by atoms with Crippen molar-refractivity contribution in [2.75, 3.05) is 7.11 Å². The van der Waals surface area contributed by atoms with Gasteiger partial charge in [0.1, 0.15) is 0 Å². The largest absolute Gasteiger partial charge is 0.481 e. The summed E-state index contributed by atoms with van der Waals surface area (Å²) in [6.45, 7) is 6.26. The number of rotatable bonds is 2. The molecule has 0 aromatic heterocycles. The van der Waals surface area contributed by atoms with Gasteiger partial charge in [-0.05, 0) is 44.0 Å². The molecule has 0 spiro atoms. The van der Waals surface area contributed by atoms with E-state index in [0.717, 1.165) is 11.3 Å². The smallest absolute Gasteiger partial charge is 0.221 e. The highest BCUT2D eigenvalue weighted by molar-refractivity contribution is 5.96. The van der Waals surface area contributed by atoms with Crippen molar-refractivity contribution in [3.63, 3.8) is 0 Å². The van der Waals surface area contributed by atoms with Crippen molar-refractivity contribution in [1.29, 1.82) is 0 Å². The van der Waals surface area contributed by atoms with E-state index in [2.05, 4.69) is 37.9 Å². The second-order valence-corrected chi connectivity index (χ2v) is 4.73. The summed E-state index contributed by atoms with van der Waals surface area (Å²) in [5, 5.41) is 0. The predicted octanol–water partition coefficient (Wildman–Crippen LogP) is 4.34. The predicted molar refractivity (Wildman–Crippen MR) is 80.3 cm³/mol. The molecule has 0 heterocycles. The van der Waals surface area contributed by atoms with Crippen LogP contribution in [0.15, 0.2) is 47.5 Å². The van der Waals surface area contributed by atoms with Gasteiger partial charge in [-0.25, -0.2) is 4.99 Å². The second-order valence-electron chi connectivity index (χ2n) is 4.73. The normalized spacial score (nSPS) is 11.5. The second kappa shape index (κ2) is 5.70. The third kappa shape index (κ3) is 3.02. The highest BCUT2D eigenvalue weighted by Gasteiger charge is 2.07. The Morgan fingerprint density at radius 2 is 1.53 bits per heavy atom. The molecule has 0 fully saturated rings. The van der Waals surface area contributed by atoms with Gasteiger partial charge in [0.25, 0.3) is 0 Å². The van der Waals surface area contributed by atoms with Gasteiger partial charge in [-0.3, -0.25) is 0 Å². The number of ether oxygens (including phenoxy) is 1. The maximum absolute atomic E-state index is 5.43. The molecule has 0 radical (unpaired) electrons. The zero-order chi connectivity index (χ0) is 13.8. The molecule has 0 aliphatic rings. The molecule has 2 aromatic carbocycles. The first-order chi connectivity index (χ1) is 9.11. The Kier molecular flexibility index (Phi) is 4.00. The summed E-state index contributed by atoms with van der Waals surface area (Å²) in [5.74, 6) is 0.649. The van der Waals surface area contributed by atoms with E-state index in [-0.39, 0.29) is 0 Å². The maximum Gasteiger partial charge on any atom is 0.221 e. The van der Waals surface area contributed by atoms with Gasteiger partial charge in [0, 0.05) is 5.56 Å². The van der Waals surface area contributed by atoms with Gasteiger partial charge < -0.3 is 4.74 Å². The molecule has 0 atom stereocenters. The molecular weight excluding hydrogens is 234 g/mol. The maximum atomic E-state index is 5.43. The van der Waals surface area contributed by atoms with E-state index >= 15 is 0 Å². The summed E-state index contributed by atoms with van der Waals surface area (Å²) in [4.78, 5) is 4.68. The van der Waals surface area contributed by atoms with E-state index < -0.39 is 0 Å². The van der Waals surface area contributed by atoms with Gasteiger partial charge in [-0.2, -0.15) is 0 Å². The van der Waals surface area contributed by atoms with Crippen molar-refractivity contribution in [2.24, 2.45) is 4.99 Å². The van der Waals surface area contributed by atoms with Crippen LogP contribution in [-0.2, 0) is 4.74 Å². The molecule has 98 valence electrons. The molecule has 0 aliphatic heterocycles. The number of hydrogen-bond acceptors (Lipinski definition) is 2. The Morgan fingerprint density at radius 1 is 0.947 bits per heavy atom. The molecule has 0 aliphatic carbocycles. The Bertz CT molecular complexity index is 577. The third-order valence-electron chi connectivity index (χ3n) is 3.06. The van der Waals surface area contributed by atoms with Crippen molar-refractivity contribution in [1.82, 2.24) is 0 Å². The van der Waals surface area contributed by atoms with Crippen LogP contribution in [0.4, 0.5) is 5.69 Å². The molecule has 2 rings (SSSR count). The molecule has 2 nitrogen and oxygen atoms in total. The Hall–Kier alpha value is -2.09. The number of methoxy groups -OCH3 is 1. The number of aliphatic imine (C=N–C) groups is 1. The number of benzene rings is 2. The van der Waals surface area contributed by atoms with Crippen LogP contribution in [-0.4, -0.2) is 13.0 Å². The quantitative estimate of drug-likeness (QED) is 0.576. The first kappa shape index (κ1) is 13.3. The Labute approximate surface area is 114 Å². The van der Waals surface area contributed by atoms with Gasteiger partial charge >= 0.3 is 0 Å². The minimum absolute atomic E-state index is 0.649. The monoisotopic (exact) mass is 253 g/mol. The zero-order valence-electron chi connectivity index (χ0n) is 11.9. The Balaban J connectivity index is 2.50. The minimum atomic E-state index is 0.649. The number of aryl methyl sites for hydroxylation is 3. The molecule has 0 unspecified atom stereocenters. The number of hydrogen-bond donors (Lipinski definition) is 0. The molecule has 0 amide bonds. The molecular formula is C17H19NO. The fourth-order valence-electron chi connectivity index (χ4n) is 2.26. The summed E-state index contributed by atoms with van der Waals surface area (Å²) >= 11 is 0. The topological polar surface area (TPSA) is 21.6 Å². The first-order valence-electron chi connectivity index (χ1n) is 6.37. The van der Waals surface area contributed by atoms with E-state index in [1.165, 1.54) is 16.7 Å². The van der Waals surface area contributed by atoms with Crippen LogP contribution in [0.25, 0.3) is 0 Å². The highest BCUT2D eigenvalue weighted by Crippen LogP contribution is 2.26. The van der Waals surface area contributed by atoms with Gasteiger partial charge in [0.2, 0.25) is 5.90 Å². The summed E-state index contributed by atoms with van der Waals surface area (Å²) in [7, 11) is 1.66. The fraction of sp³-hybridized carbons (Fsp3) is 0.235. The lowest BCUT2D eigenvalue weighted by atomic mass is 10.1. The average Bonchev–Trinajstić information content (AvgIpc) is 2.39. The van der Waals surface area contributed by atoms with E-state index in [0.29, 0.717) is 5.90 Å². The van der Waals surface area contributed by atoms with Gasteiger partial charge in [-0.1, -0.05) is 35.9 Å². The van der Waals surface area contributed by atoms with Crippen molar-refractivity contribution in [3.8, 4) is 0 Å². The molecule has 0 bridgehead atoms. The van der Waals surface area contributed by atoms with Crippen LogP contribution >= 0.6 is 0 Å². The third-order valence-corrected chi connectivity index (χ3v) is 3.06. The van der Waals surface area contributed by atoms with Crippen molar-refractivity contribution in [2.45, 2.75) is 20.8 Å². The summed E-state index contributed by atoms with van der Waals surface area (Å²) < 4.78 is 5.43. The van der Waals surface area contributed by atoms with Crippen LogP contribution in [0.1, 0.15) is 22.3 Å². The number of nitrogens with zero attached hydrogens (tertiary/aromatic N) is 1. The van der Waals surface area contributed by atoms with E-state index in [1.54, 1.807) is 7.11 Å². The molecule has 0 N–H and O–H groups in total. The SMILES string of the molecule is COC(=Nc1c(C)cc(C)cc1C)c1ccccc1. The van der Waals surface area contributed by atoms with E-state index in [9.17, 15) is 0 Å². The first-order valence-corrected chi connectivity index (χ1v) is 6.37. The van der Waals surface area contributed by atoms with Crippen LogP contribution < -0.4 is 0 Å². The average molecular weight is 253 g/mol. The fourth-order valence-corrected chi connectivity index (χ4v) is 2.26. The van der Waals surface area contributed by atoms with Gasteiger partial charge in [-0.15, -0.1) is 0 Å². The van der Waals surface area contributed by atoms with Crippen molar-refractivity contribution < 1.29 is 4.74 Å². The van der Waals surface area contributed by atoms with Gasteiger partial charge in [0.15, 0.2) is 0 Å². The standard InChI is InChI=1S/C17H19NO/c1-12-10-13(2)16(14(3)11-12)18-17(19-4)15-8-6-5-7-9-15/h5-11H,1-4H3. The molecule has 2 aromatic rings. The Morgan fingerprint density at radius 3 is 2.05 bits per heavy atom. The van der Waals surface area contributed by atoms with Crippen molar-refractivity contribution in [3.05, 3.63) is 64.7 Å². The van der Waals surface area contributed by atoms with Crippen LogP contribution in [0.3, 0.4) is 0 Å². The molecule has 0 saturated carbocycles. The minimum Gasteiger partial charge on any atom is -0.481 e. The lowest BCUT2D eigenvalue weighted by Crippen LogP contribution is -2.03. The van der Waals surface area contributed by atoms with Gasteiger partial charge in [0.05, 0.1) is 12.8 Å². The molecule has 19 heavy (non-hydrogen) atoms. The zero-order valence-corrected chi connectivity index (χ0v) is 11.9. The summed E-state index contributed by atoms with van der Waals surface area (Å²) in [6.07, 6.45) is 0. The summed E-state index contributed by atoms with van der Waals surface area (Å²) in [5.41, 5.74) is 5.58. The van der Waals surface area contributed by atoms with E-state index in [4.69, 9.17) is 4.74 Å². The van der Waals surface area contributed by atoms with E-state index in [1.807, 2.05) is 30.3 Å². The van der Waals surface area contributed by atoms with Crippen molar-refractivity contribution >= 4 is 11.6 Å². The molecule has 2 heteroatoms. The van der Waals surface area contributed by atoms with Crippen LogP contribution in [0.2, 0.25) is 0 Å².